The van der Waals surface area contributed by atoms with E-state index in [1.54, 1.807) is 0 Å². The molecule has 1 heterocycles. The van der Waals surface area contributed by atoms with Crippen molar-refractivity contribution in [1.29, 1.82) is 0 Å². The van der Waals surface area contributed by atoms with Crippen LogP contribution >= 0.6 is 24.8 Å². The summed E-state index contributed by atoms with van der Waals surface area (Å²) in [5.41, 5.74) is 0. The SMILES string of the molecule is C1C[N-]CCCNCCCNC1.Cl.Cl.[CH3-].[Ti].[c-]1ccccc1.[c-]1ccccc1.[c-]1ccccc1. The Hall–Kier alpha value is -1.17. The van der Waals surface area contributed by atoms with Gasteiger partial charge < -0.3 is 23.4 Å². The minimum atomic E-state index is 0. The maximum atomic E-state index is 4.42. The molecule has 3 aromatic rings. The summed E-state index contributed by atoms with van der Waals surface area (Å²) >= 11 is 0. The average molecular weight is 537 g/mol. The number of nitrogens with zero attached hydrogens (tertiary/aromatic N) is 1. The zero-order valence-corrected chi connectivity index (χ0v) is 23.5. The molecule has 1 fully saturated rings. The molecule has 0 amide bonds. The predicted octanol–water partition coefficient (Wildman–Crippen LogP) is 6.47. The van der Waals surface area contributed by atoms with E-state index in [0.29, 0.717) is 0 Å². The second-order valence-corrected chi connectivity index (χ2v) is 6.46. The molecule has 3 nitrogen and oxygen atoms in total. The summed E-state index contributed by atoms with van der Waals surface area (Å²) in [7, 11) is 0. The van der Waals surface area contributed by atoms with Crippen LogP contribution in [-0.2, 0) is 21.7 Å². The number of nitrogens with one attached hydrogen (secondary N) is 2. The number of hydrogen-bond acceptors (Lipinski definition) is 2. The Labute approximate surface area is 236 Å². The van der Waals surface area contributed by atoms with E-state index in [4.69, 9.17) is 0 Å². The minimum Gasteiger partial charge on any atom is -0.662 e. The number of rotatable bonds is 0. The monoisotopic (exact) mass is 536 g/mol. The largest absolute Gasteiger partial charge is 0.662 e. The smallest absolute Gasteiger partial charge is 0 e. The van der Waals surface area contributed by atoms with Crippen molar-refractivity contribution in [2.45, 2.75) is 19.3 Å². The maximum absolute atomic E-state index is 4.42. The Morgan fingerprint density at radius 1 is 0.471 bits per heavy atom. The molecule has 3 aromatic carbocycles. The topological polar surface area (TPSA) is 38.2 Å². The molecule has 190 valence electrons. The standard InChI is InChI=1S/C9H20N3.3C6H5.CH3.2ClH.Ti/c1-4-10-6-2-8-12-9-3-7-11-5-1;3*1-2-4-6-5-3-1;;;;/h10-11H,1-9H2;3*1-5H;1H3;2*1H;/q5*-1;;;. The van der Waals surface area contributed by atoms with Crippen molar-refractivity contribution in [2.75, 3.05) is 39.3 Å². The van der Waals surface area contributed by atoms with Gasteiger partial charge in [-0.15, -0.1) is 37.9 Å². The van der Waals surface area contributed by atoms with Gasteiger partial charge in [-0.1, -0.05) is 12.8 Å². The molecule has 1 aliphatic rings. The van der Waals surface area contributed by atoms with E-state index in [1.165, 1.54) is 19.3 Å². The molecular weight excluding hydrogens is 497 g/mol. The summed E-state index contributed by atoms with van der Waals surface area (Å²) < 4.78 is 0. The molecule has 6 heteroatoms. The summed E-state index contributed by atoms with van der Waals surface area (Å²) in [6.07, 6.45) is 3.65. The first-order valence-electron chi connectivity index (χ1n) is 10.8. The Morgan fingerprint density at radius 2 is 0.765 bits per heavy atom. The molecule has 0 spiro atoms. The second kappa shape index (κ2) is 36.4. The van der Waals surface area contributed by atoms with Gasteiger partial charge in [-0.05, 0) is 32.6 Å². The van der Waals surface area contributed by atoms with Crippen molar-refractivity contribution < 1.29 is 21.7 Å². The summed E-state index contributed by atoms with van der Waals surface area (Å²) in [6, 6.07) is 37.5. The summed E-state index contributed by atoms with van der Waals surface area (Å²) in [6.45, 7) is 6.62. The fraction of sp³-hybridized carbons (Fsp3) is 0.321. The molecule has 0 bridgehead atoms. The van der Waals surface area contributed by atoms with Gasteiger partial charge >= 0.3 is 0 Å². The van der Waals surface area contributed by atoms with Crippen molar-refractivity contribution >= 4 is 24.8 Å². The van der Waals surface area contributed by atoms with Gasteiger partial charge in [0.15, 0.2) is 0 Å². The first kappa shape index (κ1) is 40.0. The summed E-state index contributed by atoms with van der Waals surface area (Å²) in [4.78, 5) is 0. The van der Waals surface area contributed by atoms with Crippen molar-refractivity contribution in [1.82, 2.24) is 10.6 Å². The van der Waals surface area contributed by atoms with Crippen LogP contribution in [0.3, 0.4) is 0 Å². The van der Waals surface area contributed by atoms with E-state index < -0.39 is 0 Å². The quantitative estimate of drug-likeness (QED) is 0.255. The van der Waals surface area contributed by atoms with Crippen LogP contribution in [0.5, 0.6) is 0 Å². The van der Waals surface area contributed by atoms with E-state index >= 15 is 0 Å². The van der Waals surface area contributed by atoms with Crippen LogP contribution in [0.1, 0.15) is 19.3 Å². The number of halogens is 2. The first-order valence-corrected chi connectivity index (χ1v) is 10.8. The van der Waals surface area contributed by atoms with Crippen LogP contribution in [-0.4, -0.2) is 39.3 Å². The fourth-order valence-corrected chi connectivity index (χ4v) is 2.36. The van der Waals surface area contributed by atoms with Crippen molar-refractivity contribution in [3.8, 4) is 0 Å². The van der Waals surface area contributed by atoms with Gasteiger partial charge in [0, 0.05) is 21.7 Å². The molecule has 34 heavy (non-hydrogen) atoms. The Balaban J connectivity index is -0.000000178. The van der Waals surface area contributed by atoms with Crippen LogP contribution in [0.2, 0.25) is 0 Å². The van der Waals surface area contributed by atoms with Gasteiger partial charge in [-0.25, -0.2) is 0 Å². The normalized spacial score (nSPS) is 12.7. The van der Waals surface area contributed by atoms with Gasteiger partial charge in [0.2, 0.25) is 0 Å². The van der Waals surface area contributed by atoms with Crippen LogP contribution in [0, 0.1) is 25.6 Å². The third kappa shape index (κ3) is 33.0. The molecule has 0 radical (unpaired) electrons. The van der Waals surface area contributed by atoms with Gasteiger partial charge in [-0.2, -0.15) is 109 Å². The molecule has 2 N–H and O–H groups in total. The van der Waals surface area contributed by atoms with Crippen LogP contribution < -0.4 is 10.6 Å². The van der Waals surface area contributed by atoms with E-state index in [9.17, 15) is 0 Å². The predicted molar refractivity (Wildman–Crippen MR) is 149 cm³/mol. The minimum absolute atomic E-state index is 0. The van der Waals surface area contributed by atoms with Gasteiger partial charge in [-0.3, -0.25) is 0 Å². The van der Waals surface area contributed by atoms with Crippen LogP contribution in [0.15, 0.2) is 91.0 Å². The maximum Gasteiger partial charge on any atom is 0 e. The molecule has 4 rings (SSSR count). The molecule has 0 atom stereocenters. The number of hydrogen-bond donors (Lipinski definition) is 2. The molecule has 1 aliphatic heterocycles. The molecule has 0 aliphatic carbocycles. The first-order chi connectivity index (χ1) is 15.0. The van der Waals surface area contributed by atoms with Gasteiger partial charge in [0.1, 0.15) is 0 Å². The Bertz CT molecular complexity index is 452. The summed E-state index contributed by atoms with van der Waals surface area (Å²) in [5.74, 6) is 0. The number of benzene rings is 3. The van der Waals surface area contributed by atoms with E-state index in [2.05, 4.69) is 34.1 Å². The Kier molecular flexibility index (Phi) is 42.9. The molecular formula is C28H40Cl2N3Ti-5. The Morgan fingerprint density at radius 3 is 1.00 bits per heavy atom. The van der Waals surface area contributed by atoms with Crippen molar-refractivity contribution in [3.05, 3.63) is 122 Å². The second-order valence-electron chi connectivity index (χ2n) is 6.46. The zero-order valence-electron chi connectivity index (χ0n) is 20.3. The van der Waals surface area contributed by atoms with Crippen LogP contribution in [0.25, 0.3) is 5.32 Å². The summed E-state index contributed by atoms with van der Waals surface area (Å²) in [5, 5.41) is 11.2. The third-order valence-electron chi connectivity index (χ3n) is 3.87. The van der Waals surface area contributed by atoms with Crippen molar-refractivity contribution in [2.24, 2.45) is 0 Å². The fourth-order valence-electron chi connectivity index (χ4n) is 2.36. The molecule has 0 aromatic heterocycles. The third-order valence-corrected chi connectivity index (χ3v) is 3.87. The van der Waals surface area contributed by atoms with E-state index in [1.807, 2.05) is 91.0 Å². The van der Waals surface area contributed by atoms with Crippen LogP contribution in [0.4, 0.5) is 0 Å². The molecule has 1 saturated heterocycles. The molecule has 0 unspecified atom stereocenters. The van der Waals surface area contributed by atoms with Gasteiger partial charge in [0.05, 0.1) is 0 Å². The molecule has 0 saturated carbocycles. The van der Waals surface area contributed by atoms with E-state index in [0.717, 1.165) is 39.3 Å². The van der Waals surface area contributed by atoms with Gasteiger partial charge in [0.25, 0.3) is 0 Å². The van der Waals surface area contributed by atoms with Crippen molar-refractivity contribution in [3.63, 3.8) is 0 Å². The van der Waals surface area contributed by atoms with E-state index in [-0.39, 0.29) is 54.0 Å². The average Bonchev–Trinajstić information content (AvgIpc) is 2.84. The zero-order chi connectivity index (χ0) is 21.2.